The molecular weight excluding hydrogens is 969 g/mol. The average Bonchev–Trinajstić information content (AvgIpc) is 3.25. The van der Waals surface area contributed by atoms with Crippen LogP contribution in [0.2, 0.25) is 0 Å². The fourth-order valence-electron chi connectivity index (χ4n) is 6.87. The monoisotopic (exact) mass is 1050 g/mol. The first-order chi connectivity index (χ1) is 33.4. The van der Waals surface area contributed by atoms with Crippen molar-refractivity contribution in [2.75, 3.05) is 12.3 Å². The molecule has 0 aromatic rings. The van der Waals surface area contributed by atoms with Crippen molar-refractivity contribution in [2.45, 2.75) is 173 Å². The number of aliphatic carboxylic acids is 2. The Morgan fingerprint density at radius 3 is 1.19 bits per heavy atom. The van der Waals surface area contributed by atoms with Gasteiger partial charge in [0.15, 0.2) is 6.04 Å². The minimum Gasteiger partial charge on any atom is -0.481 e. The van der Waals surface area contributed by atoms with Crippen LogP contribution in [-0.2, 0) is 57.5 Å². The van der Waals surface area contributed by atoms with E-state index in [-0.39, 0.29) is 62.2 Å². The Kier molecular flexibility index (Phi) is 30.7. The maximum absolute atomic E-state index is 14.1. The van der Waals surface area contributed by atoms with Gasteiger partial charge in [0.2, 0.25) is 59.1 Å². The van der Waals surface area contributed by atoms with Crippen molar-refractivity contribution in [3.05, 3.63) is 0 Å². The van der Waals surface area contributed by atoms with Crippen LogP contribution in [0.25, 0.3) is 0 Å². The van der Waals surface area contributed by atoms with E-state index in [1.54, 1.807) is 41.5 Å². The second-order valence-corrected chi connectivity index (χ2v) is 19.1. The van der Waals surface area contributed by atoms with Crippen LogP contribution in [0.1, 0.15) is 113 Å². The number of nitrogens with one attached hydrogen (secondary N) is 8. The van der Waals surface area contributed by atoms with E-state index in [9.17, 15) is 72.9 Å². The van der Waals surface area contributed by atoms with E-state index in [0.717, 1.165) is 6.92 Å². The molecule has 0 aromatic carbocycles. The van der Waals surface area contributed by atoms with Crippen LogP contribution < -0.4 is 65.5 Å². The predicted octanol–water partition coefficient (Wildman–Crippen LogP) is -4.53. The summed E-state index contributed by atoms with van der Waals surface area (Å²) in [7, 11) is 0. The van der Waals surface area contributed by atoms with Crippen LogP contribution in [0.5, 0.6) is 0 Å². The number of hydrogen-bond acceptors (Lipinski definition) is 16. The first-order valence-electron chi connectivity index (χ1n) is 23.6. The minimum atomic E-state index is -1.82. The highest BCUT2D eigenvalue weighted by Crippen LogP contribution is 2.13. The number of unbranched alkanes of at least 4 members (excludes halogenated alkanes) is 1. The number of aliphatic hydroxyl groups is 1. The van der Waals surface area contributed by atoms with E-state index in [4.69, 9.17) is 22.9 Å². The molecule has 28 heteroatoms. The molecule has 72 heavy (non-hydrogen) atoms. The Morgan fingerprint density at radius 1 is 0.472 bits per heavy atom. The lowest BCUT2D eigenvalue weighted by Gasteiger charge is -2.29. The van der Waals surface area contributed by atoms with Gasteiger partial charge in [-0.3, -0.25) is 52.7 Å². The molecule has 10 atom stereocenters. The number of nitrogens with two attached hydrogens (primary N) is 4. The summed E-state index contributed by atoms with van der Waals surface area (Å²) in [6.45, 7) is 11.7. The Hall–Kier alpha value is -6.13. The number of rotatable bonds is 36. The largest absolute Gasteiger partial charge is 0.481 e. The molecule has 0 saturated heterocycles. The summed E-state index contributed by atoms with van der Waals surface area (Å²) in [6.07, 6.45) is -3.25. The fourth-order valence-corrected chi connectivity index (χ4v) is 7.13. The molecule has 0 heterocycles. The molecule has 0 fully saturated rings. The molecular formula is C44H78N12O15S. The highest BCUT2D eigenvalue weighted by Gasteiger charge is 2.36. The zero-order valence-electron chi connectivity index (χ0n) is 42.0. The molecule has 27 nitrogen and oxygen atoms in total. The van der Waals surface area contributed by atoms with Crippen molar-refractivity contribution in [2.24, 2.45) is 40.7 Å². The normalized spacial score (nSPS) is 15.4. The van der Waals surface area contributed by atoms with E-state index in [2.05, 4.69) is 55.2 Å². The van der Waals surface area contributed by atoms with Gasteiger partial charge in [0, 0.05) is 12.2 Å². The number of amides is 10. The Labute approximate surface area is 424 Å². The molecule has 0 saturated carbocycles. The van der Waals surface area contributed by atoms with Crippen LogP contribution in [0.3, 0.4) is 0 Å². The van der Waals surface area contributed by atoms with Crippen LogP contribution >= 0.6 is 12.6 Å². The van der Waals surface area contributed by atoms with Gasteiger partial charge in [-0.15, -0.1) is 0 Å². The molecule has 0 rings (SSSR count). The molecule has 410 valence electrons. The quantitative estimate of drug-likeness (QED) is 0.0208. The molecule has 0 aliphatic carbocycles. The summed E-state index contributed by atoms with van der Waals surface area (Å²) in [5, 5.41) is 48.4. The fraction of sp³-hybridized carbons (Fsp3) is 0.727. The van der Waals surface area contributed by atoms with Crippen LogP contribution in [0, 0.1) is 17.8 Å². The van der Waals surface area contributed by atoms with Gasteiger partial charge in [-0.05, 0) is 76.2 Å². The molecule has 0 spiro atoms. The number of primary amides is 2. The summed E-state index contributed by atoms with van der Waals surface area (Å²) in [5.41, 5.74) is 21.7. The van der Waals surface area contributed by atoms with E-state index >= 15 is 0 Å². The highest BCUT2D eigenvalue weighted by atomic mass is 32.1. The summed E-state index contributed by atoms with van der Waals surface area (Å²) in [4.78, 5) is 155. The number of aliphatic hydroxyl groups excluding tert-OH is 1. The Morgan fingerprint density at radius 2 is 0.833 bits per heavy atom. The number of hydrogen-bond donors (Lipinski definition) is 16. The average molecular weight is 1050 g/mol. The van der Waals surface area contributed by atoms with Gasteiger partial charge in [0.05, 0.1) is 25.0 Å². The Balaban J connectivity index is 6.70. The third-order valence-electron chi connectivity index (χ3n) is 10.5. The van der Waals surface area contributed by atoms with E-state index in [0.29, 0.717) is 12.8 Å². The number of carboxylic acid groups (broad SMARTS) is 2. The molecule has 10 amide bonds. The van der Waals surface area contributed by atoms with Gasteiger partial charge in [-0.2, -0.15) is 12.6 Å². The lowest BCUT2D eigenvalue weighted by Crippen LogP contribution is -2.61. The second-order valence-electron chi connectivity index (χ2n) is 18.7. The lowest BCUT2D eigenvalue weighted by molar-refractivity contribution is -0.145. The van der Waals surface area contributed by atoms with Crippen molar-refractivity contribution in [3.8, 4) is 0 Å². The van der Waals surface area contributed by atoms with Crippen LogP contribution in [0.4, 0.5) is 0 Å². The first kappa shape index (κ1) is 65.9. The number of carbonyl (C=O) groups excluding carboxylic acids is 10. The molecule has 0 unspecified atom stereocenters. The lowest BCUT2D eigenvalue weighted by atomic mass is 9.99. The minimum absolute atomic E-state index is 0.000170. The van der Waals surface area contributed by atoms with Crippen molar-refractivity contribution in [1.29, 1.82) is 0 Å². The van der Waals surface area contributed by atoms with Crippen LogP contribution in [-0.4, -0.2) is 159 Å². The van der Waals surface area contributed by atoms with E-state index in [1.807, 2.05) is 0 Å². The number of thiol groups is 1. The summed E-state index contributed by atoms with van der Waals surface area (Å²) < 4.78 is 0. The zero-order chi connectivity index (χ0) is 55.6. The van der Waals surface area contributed by atoms with Gasteiger partial charge < -0.3 is 80.8 Å². The standard InChI is InChI=1S/C44H78N12O15S/c1-20(2)14-27(39(65)49-25(10-8-9-13-45)38(64)56-35(23(7)57)44(70)71)51-37(63)26(11-12-32(47)58)50-40(66)28(15-21(3)4)52-41(67)29(16-22(5)6)53-42(68)30(18-34(60)61)54-43(69)31(19-72)55-36(62)24(46)17-33(48)59/h20-31,35,57,72H,8-19,45-46H2,1-7H3,(H2,47,58)(H2,48,59)(H,49,65)(H,50,66)(H,51,63)(H,52,67)(H,53,68)(H,54,69)(H,55,62)(H,56,64)(H,60,61)(H,70,71)/t23-,24+,25+,26+,27+,28+,29+,30+,31+,35+/m1/s1. The van der Waals surface area contributed by atoms with Crippen molar-refractivity contribution >= 4 is 83.6 Å². The highest BCUT2D eigenvalue weighted by molar-refractivity contribution is 7.80. The SMILES string of the molecule is CC(C)C[C@H](NC(=O)[C@H](CC(C)C)NC(=O)[C@H](CC(=O)O)NC(=O)[C@H](CS)NC(=O)[C@@H](N)CC(N)=O)C(=O)N[C@@H](CCC(N)=O)C(=O)N[C@@H](CC(C)C)C(=O)N[C@@H](CCCCN)C(=O)N[C@H](C(=O)O)[C@@H](C)O. The zero-order valence-corrected chi connectivity index (χ0v) is 42.9. The van der Waals surface area contributed by atoms with E-state index < -0.39 is 151 Å². The maximum Gasteiger partial charge on any atom is 0.328 e. The molecule has 0 bridgehead atoms. The van der Waals surface area contributed by atoms with Gasteiger partial charge >= 0.3 is 11.9 Å². The molecule has 0 aromatic heterocycles. The van der Waals surface area contributed by atoms with Crippen molar-refractivity contribution in [1.82, 2.24) is 42.5 Å². The maximum atomic E-state index is 14.1. The number of carboxylic acids is 2. The first-order valence-corrected chi connectivity index (χ1v) is 24.3. The molecule has 0 aliphatic rings. The summed E-state index contributed by atoms with van der Waals surface area (Å²) in [6, 6.07) is -13.6. The van der Waals surface area contributed by atoms with Crippen molar-refractivity contribution < 1.29 is 72.9 Å². The van der Waals surface area contributed by atoms with Crippen LogP contribution in [0.15, 0.2) is 0 Å². The van der Waals surface area contributed by atoms with Gasteiger partial charge in [-0.1, -0.05) is 41.5 Å². The second kappa shape index (κ2) is 33.5. The molecule has 0 radical (unpaired) electrons. The Bertz CT molecular complexity index is 1890. The van der Waals surface area contributed by atoms with Gasteiger partial charge in [-0.25, -0.2) is 4.79 Å². The third-order valence-corrected chi connectivity index (χ3v) is 10.9. The van der Waals surface area contributed by atoms with Gasteiger partial charge in [0.1, 0.15) is 42.3 Å². The van der Waals surface area contributed by atoms with Gasteiger partial charge in [0.25, 0.3) is 0 Å². The smallest absolute Gasteiger partial charge is 0.328 e. The van der Waals surface area contributed by atoms with Crippen molar-refractivity contribution in [3.63, 3.8) is 0 Å². The molecule has 19 N–H and O–H groups in total. The summed E-state index contributed by atoms with van der Waals surface area (Å²) in [5.74, 6) is -13.8. The third kappa shape index (κ3) is 26.4. The topological polar surface area (TPSA) is 466 Å². The molecule has 0 aliphatic heterocycles. The predicted molar refractivity (Wildman–Crippen MR) is 262 cm³/mol. The number of carbonyl (C=O) groups is 12. The van der Waals surface area contributed by atoms with E-state index in [1.165, 1.54) is 0 Å². The summed E-state index contributed by atoms with van der Waals surface area (Å²) >= 11 is 4.03.